The number of rotatable bonds is 9. The molecule has 2 atom stereocenters. The molecule has 0 radical (unpaired) electrons. The van der Waals surface area contributed by atoms with Crippen molar-refractivity contribution in [1.29, 1.82) is 0 Å². The first-order chi connectivity index (χ1) is 18.7. The fourth-order valence-corrected chi connectivity index (χ4v) is 5.73. The van der Waals surface area contributed by atoms with Gasteiger partial charge in [0.05, 0.1) is 12.3 Å². The third-order valence-electron chi connectivity index (χ3n) is 6.40. The highest BCUT2D eigenvalue weighted by molar-refractivity contribution is 7.87. The van der Waals surface area contributed by atoms with Crippen LogP contribution in [0.4, 0.5) is 0 Å². The Balaban J connectivity index is 1.84. The minimum Gasteiger partial charge on any atom is -0.368 e. The van der Waals surface area contributed by atoms with Gasteiger partial charge in [0.2, 0.25) is 11.9 Å². The summed E-state index contributed by atoms with van der Waals surface area (Å²) in [6, 6.07) is 24.7. The molecule has 4 rings (SSSR count). The third-order valence-corrected chi connectivity index (χ3v) is 8.29. The number of aliphatic imine (C=N–C) groups is 1. The number of halogens is 1. The van der Waals surface area contributed by atoms with E-state index in [0.29, 0.717) is 16.3 Å². The zero-order chi connectivity index (χ0) is 28.0. The fourth-order valence-electron chi connectivity index (χ4n) is 4.41. The lowest BCUT2D eigenvalue weighted by atomic mass is 9.91. The first kappa shape index (κ1) is 28.3. The highest BCUT2D eigenvalue weighted by Gasteiger charge is 2.34. The average Bonchev–Trinajstić information content (AvgIpc) is 3.38. The van der Waals surface area contributed by atoms with Crippen molar-refractivity contribution in [3.05, 3.63) is 107 Å². The molecule has 0 spiro atoms. The number of primary amides is 1. The maximum Gasteiger partial charge on any atom is 0.303 e. The van der Waals surface area contributed by atoms with Gasteiger partial charge in [-0.05, 0) is 28.8 Å². The molecule has 0 aliphatic carbocycles. The van der Waals surface area contributed by atoms with Crippen LogP contribution in [-0.2, 0) is 15.0 Å². The van der Waals surface area contributed by atoms with Gasteiger partial charge in [0, 0.05) is 24.0 Å². The molecule has 0 saturated heterocycles. The Kier molecular flexibility index (Phi) is 9.01. The van der Waals surface area contributed by atoms with Crippen LogP contribution in [0.15, 0.2) is 95.0 Å². The monoisotopic (exact) mass is 566 g/mol. The second kappa shape index (κ2) is 12.4. The summed E-state index contributed by atoms with van der Waals surface area (Å²) in [5, 5.41) is 6.90. The number of hydrogen-bond acceptors (Lipinski definition) is 5. The number of carbonyl (C=O) groups excluding carboxylic acids is 1. The molecule has 1 heterocycles. The largest absolute Gasteiger partial charge is 0.368 e. The molecule has 0 aromatic heterocycles. The van der Waals surface area contributed by atoms with Crippen molar-refractivity contribution in [1.82, 2.24) is 14.0 Å². The highest BCUT2D eigenvalue weighted by Crippen LogP contribution is 2.30. The standard InChI is InChI=1S/C28H31ClN6O3S/c1-3-34(4-2)39(37,38)33-28(31-26(27(30)36)21-13-9-6-10-14-21)35-19-24(20-11-7-5-8-12-20)25(32-35)22-15-17-23(29)18-16-22/h5-18,24,26H,3-4,19H2,1-2H3,(H2,30,36)(H,31,33). The summed E-state index contributed by atoms with van der Waals surface area (Å²) in [6.45, 7) is 4.27. The average molecular weight is 567 g/mol. The summed E-state index contributed by atoms with van der Waals surface area (Å²) in [6.07, 6.45) is 0. The van der Waals surface area contributed by atoms with E-state index < -0.39 is 22.2 Å². The number of nitrogens with zero attached hydrogens (tertiary/aromatic N) is 4. The van der Waals surface area contributed by atoms with Crippen LogP contribution >= 0.6 is 11.6 Å². The zero-order valence-corrected chi connectivity index (χ0v) is 23.3. The van der Waals surface area contributed by atoms with E-state index in [0.717, 1.165) is 11.1 Å². The lowest BCUT2D eigenvalue weighted by Gasteiger charge is -2.25. The van der Waals surface area contributed by atoms with Crippen LogP contribution in [0.1, 0.15) is 42.5 Å². The molecule has 0 bridgehead atoms. The molecule has 3 aromatic carbocycles. The maximum atomic E-state index is 13.3. The molecular formula is C28H31ClN6O3S. The van der Waals surface area contributed by atoms with Crippen LogP contribution in [0.3, 0.4) is 0 Å². The number of nitrogens with two attached hydrogens (primary N) is 1. The molecule has 1 amide bonds. The van der Waals surface area contributed by atoms with Crippen molar-refractivity contribution in [2.24, 2.45) is 15.8 Å². The summed E-state index contributed by atoms with van der Waals surface area (Å²) >= 11 is 6.13. The molecular weight excluding hydrogens is 536 g/mol. The summed E-state index contributed by atoms with van der Waals surface area (Å²) in [5.41, 5.74) is 8.81. The molecule has 0 saturated carbocycles. The van der Waals surface area contributed by atoms with Crippen molar-refractivity contribution in [3.63, 3.8) is 0 Å². The van der Waals surface area contributed by atoms with Gasteiger partial charge < -0.3 is 5.73 Å². The molecule has 0 fully saturated rings. The van der Waals surface area contributed by atoms with Crippen LogP contribution in [0.2, 0.25) is 5.02 Å². The van der Waals surface area contributed by atoms with E-state index in [4.69, 9.17) is 22.4 Å². The highest BCUT2D eigenvalue weighted by atomic mass is 35.5. The Morgan fingerprint density at radius 3 is 2.21 bits per heavy atom. The van der Waals surface area contributed by atoms with Gasteiger partial charge in [-0.2, -0.15) is 17.8 Å². The van der Waals surface area contributed by atoms with Gasteiger partial charge in [0.1, 0.15) is 0 Å². The number of carbonyl (C=O) groups is 1. The fraction of sp³-hybridized carbons (Fsp3) is 0.250. The van der Waals surface area contributed by atoms with E-state index in [2.05, 4.69) is 9.71 Å². The van der Waals surface area contributed by atoms with Gasteiger partial charge in [-0.25, -0.2) is 14.7 Å². The number of hydrazone groups is 1. The van der Waals surface area contributed by atoms with Gasteiger partial charge in [-0.15, -0.1) is 0 Å². The van der Waals surface area contributed by atoms with Crippen molar-refractivity contribution >= 4 is 39.4 Å². The van der Waals surface area contributed by atoms with Gasteiger partial charge in [0.15, 0.2) is 6.04 Å². The predicted molar refractivity (Wildman–Crippen MR) is 155 cm³/mol. The Bertz CT molecular complexity index is 1440. The molecule has 39 heavy (non-hydrogen) atoms. The summed E-state index contributed by atoms with van der Waals surface area (Å²) < 4.78 is 30.5. The number of benzene rings is 3. The molecule has 204 valence electrons. The van der Waals surface area contributed by atoms with Gasteiger partial charge in [-0.1, -0.05) is 98.2 Å². The first-order valence-electron chi connectivity index (χ1n) is 12.6. The zero-order valence-electron chi connectivity index (χ0n) is 21.7. The van der Waals surface area contributed by atoms with Gasteiger partial charge in [-0.3, -0.25) is 4.79 Å². The number of hydrogen-bond donors (Lipinski definition) is 2. The van der Waals surface area contributed by atoms with Crippen LogP contribution in [-0.4, -0.2) is 54.9 Å². The summed E-state index contributed by atoms with van der Waals surface area (Å²) in [4.78, 5) is 17.1. The van der Waals surface area contributed by atoms with Crippen molar-refractivity contribution < 1.29 is 13.2 Å². The molecule has 3 aromatic rings. The van der Waals surface area contributed by atoms with Gasteiger partial charge in [0.25, 0.3) is 0 Å². The van der Waals surface area contributed by atoms with E-state index in [1.807, 2.05) is 48.5 Å². The predicted octanol–water partition coefficient (Wildman–Crippen LogP) is 3.90. The van der Waals surface area contributed by atoms with Crippen LogP contribution < -0.4 is 10.5 Å². The smallest absolute Gasteiger partial charge is 0.303 e. The lowest BCUT2D eigenvalue weighted by Crippen LogP contribution is -2.48. The van der Waals surface area contributed by atoms with Crippen molar-refractivity contribution in [3.8, 4) is 0 Å². The van der Waals surface area contributed by atoms with Crippen molar-refractivity contribution in [2.45, 2.75) is 25.8 Å². The second-order valence-electron chi connectivity index (χ2n) is 8.90. The molecule has 1 aliphatic heterocycles. The Hall–Kier alpha value is -3.73. The van der Waals surface area contributed by atoms with E-state index >= 15 is 0 Å². The maximum absolute atomic E-state index is 13.3. The Morgan fingerprint density at radius 2 is 1.64 bits per heavy atom. The van der Waals surface area contributed by atoms with E-state index in [-0.39, 0.29) is 31.5 Å². The SMILES string of the molecule is CCN(CC)S(=O)(=O)NC(=NC(C(N)=O)c1ccccc1)N1CC(c2ccccc2)C(c2ccc(Cl)cc2)=N1. The molecule has 3 N–H and O–H groups in total. The molecule has 1 aliphatic rings. The molecule has 11 heteroatoms. The van der Waals surface area contributed by atoms with Crippen LogP contribution in [0, 0.1) is 0 Å². The quantitative estimate of drug-likeness (QED) is 0.301. The normalized spacial score (nSPS) is 16.7. The Labute approximate surface area is 234 Å². The summed E-state index contributed by atoms with van der Waals surface area (Å²) in [7, 11) is -4.01. The number of nitrogens with one attached hydrogen (secondary N) is 1. The first-order valence-corrected chi connectivity index (χ1v) is 14.4. The number of amides is 1. The van der Waals surface area contributed by atoms with Crippen molar-refractivity contribution in [2.75, 3.05) is 19.6 Å². The summed E-state index contributed by atoms with van der Waals surface area (Å²) in [5.74, 6) is -1.03. The Morgan fingerprint density at radius 1 is 1.05 bits per heavy atom. The topological polar surface area (TPSA) is 120 Å². The van der Waals surface area contributed by atoms with Crippen LogP contribution in [0.5, 0.6) is 0 Å². The third kappa shape index (κ3) is 6.65. The lowest BCUT2D eigenvalue weighted by molar-refractivity contribution is -0.119. The molecule has 9 nitrogen and oxygen atoms in total. The minimum atomic E-state index is -4.01. The minimum absolute atomic E-state index is 0.0977. The van der Waals surface area contributed by atoms with Gasteiger partial charge >= 0.3 is 10.2 Å². The number of guanidine groups is 1. The van der Waals surface area contributed by atoms with E-state index in [1.165, 1.54) is 9.31 Å². The van der Waals surface area contributed by atoms with E-state index in [1.54, 1.807) is 50.2 Å². The molecule has 2 unspecified atom stereocenters. The van der Waals surface area contributed by atoms with Crippen LogP contribution in [0.25, 0.3) is 0 Å². The second-order valence-corrected chi connectivity index (χ2v) is 11.0. The van der Waals surface area contributed by atoms with E-state index in [9.17, 15) is 13.2 Å².